The molecule has 0 bridgehead atoms. The van der Waals surface area contributed by atoms with Crippen molar-refractivity contribution in [3.8, 4) is 16.8 Å². The summed E-state index contributed by atoms with van der Waals surface area (Å²) in [6.07, 6.45) is -1.35. The summed E-state index contributed by atoms with van der Waals surface area (Å²) in [4.78, 5) is 24.9. The molecule has 2 atom stereocenters. The molecule has 4 aromatic rings. The number of aliphatic hydroxyl groups is 1. The van der Waals surface area contributed by atoms with Crippen LogP contribution in [0.5, 0.6) is 0 Å². The van der Waals surface area contributed by atoms with E-state index in [0.29, 0.717) is 11.4 Å². The summed E-state index contributed by atoms with van der Waals surface area (Å²) in [5.74, 6) is -1.76. The van der Waals surface area contributed by atoms with Gasteiger partial charge in [-0.15, -0.1) is 0 Å². The number of aliphatic hydroxyl groups excluding tert-OH is 1. The number of hydrogen-bond donors (Lipinski definition) is 3. The van der Waals surface area contributed by atoms with Crippen molar-refractivity contribution in [3.63, 3.8) is 0 Å². The molecule has 35 heavy (non-hydrogen) atoms. The largest absolute Gasteiger partial charge is 0.381 e. The second kappa shape index (κ2) is 10.3. The second-order valence-corrected chi connectivity index (χ2v) is 8.26. The Morgan fingerprint density at radius 1 is 1.00 bits per heavy atom. The minimum absolute atomic E-state index is 0.214. The van der Waals surface area contributed by atoms with Gasteiger partial charge in [0.25, 0.3) is 5.91 Å². The Bertz CT molecular complexity index is 1340. The minimum atomic E-state index is -1.57. The Balaban J connectivity index is 1.59. The molecular weight excluding hydrogens is 447 g/mol. The fourth-order valence-corrected chi connectivity index (χ4v) is 3.87. The molecular formula is C27H25FN4O3. The highest BCUT2D eigenvalue weighted by Crippen LogP contribution is 2.22. The highest BCUT2D eigenvalue weighted by Gasteiger charge is 2.28. The Kier molecular flexibility index (Phi) is 7.03. The molecule has 3 aromatic carbocycles. The fraction of sp³-hybridized carbons (Fsp3) is 0.148. The third-order valence-electron chi connectivity index (χ3n) is 5.62. The van der Waals surface area contributed by atoms with Crippen molar-refractivity contribution in [1.29, 1.82) is 0 Å². The maximum absolute atomic E-state index is 13.6. The van der Waals surface area contributed by atoms with Crippen LogP contribution >= 0.6 is 0 Å². The molecule has 1 heterocycles. The van der Waals surface area contributed by atoms with E-state index in [-0.39, 0.29) is 17.9 Å². The smallest absolute Gasteiger partial charge is 0.270 e. The molecule has 0 spiro atoms. The number of hydrogen-bond acceptors (Lipinski definition) is 4. The van der Waals surface area contributed by atoms with Gasteiger partial charge in [-0.1, -0.05) is 54.6 Å². The van der Waals surface area contributed by atoms with E-state index in [2.05, 4.69) is 10.4 Å². The topological polar surface area (TPSA) is 110 Å². The van der Waals surface area contributed by atoms with Crippen LogP contribution in [0.15, 0.2) is 84.9 Å². The Hall–Kier alpha value is -4.30. The van der Waals surface area contributed by atoms with Crippen LogP contribution in [-0.2, 0) is 11.2 Å². The average molecular weight is 473 g/mol. The molecule has 8 heteroatoms. The number of carbonyl (C=O) groups excluding carboxylic acids is 2. The molecule has 0 aliphatic carbocycles. The number of rotatable bonds is 8. The molecule has 0 aliphatic rings. The van der Waals surface area contributed by atoms with Gasteiger partial charge in [-0.25, -0.2) is 9.07 Å². The first-order valence-electron chi connectivity index (χ1n) is 11.1. The summed E-state index contributed by atoms with van der Waals surface area (Å²) in [5.41, 5.74) is 9.16. The summed E-state index contributed by atoms with van der Waals surface area (Å²) in [5, 5.41) is 17.5. The maximum Gasteiger partial charge on any atom is 0.270 e. The lowest BCUT2D eigenvalue weighted by atomic mass is 10.0. The van der Waals surface area contributed by atoms with Crippen molar-refractivity contribution in [2.24, 2.45) is 5.73 Å². The number of aryl methyl sites for hydroxylation is 1. The molecule has 1 aromatic heterocycles. The van der Waals surface area contributed by atoms with Crippen molar-refractivity contribution < 1.29 is 19.1 Å². The number of nitrogens with one attached hydrogen (secondary N) is 1. The van der Waals surface area contributed by atoms with E-state index in [4.69, 9.17) is 5.73 Å². The number of primary amides is 1. The van der Waals surface area contributed by atoms with E-state index >= 15 is 0 Å². The number of carbonyl (C=O) groups is 2. The average Bonchev–Trinajstić information content (AvgIpc) is 3.25. The first kappa shape index (κ1) is 23.8. The van der Waals surface area contributed by atoms with E-state index in [0.717, 1.165) is 16.7 Å². The van der Waals surface area contributed by atoms with Gasteiger partial charge < -0.3 is 16.2 Å². The van der Waals surface area contributed by atoms with E-state index in [9.17, 15) is 19.1 Å². The SMILES string of the molecule is Cc1cc(C(=O)NC(Cc2ccccc2)C(O)C(N)=O)n(-c2ccc(-c3cccc(F)c3)cc2)n1. The van der Waals surface area contributed by atoms with E-state index in [1.54, 1.807) is 31.2 Å². The zero-order chi connectivity index (χ0) is 24.9. The molecule has 2 unspecified atom stereocenters. The van der Waals surface area contributed by atoms with Gasteiger partial charge in [0.15, 0.2) is 6.10 Å². The van der Waals surface area contributed by atoms with Crippen LogP contribution in [0.1, 0.15) is 21.7 Å². The summed E-state index contributed by atoms with van der Waals surface area (Å²) in [6.45, 7) is 1.76. The van der Waals surface area contributed by atoms with Crippen LogP contribution in [0.4, 0.5) is 4.39 Å². The highest BCUT2D eigenvalue weighted by atomic mass is 19.1. The van der Waals surface area contributed by atoms with Crippen LogP contribution in [0.3, 0.4) is 0 Å². The van der Waals surface area contributed by atoms with E-state index in [1.807, 2.05) is 48.5 Å². The summed E-state index contributed by atoms with van der Waals surface area (Å²) < 4.78 is 15.1. The van der Waals surface area contributed by atoms with Crippen LogP contribution in [0.2, 0.25) is 0 Å². The van der Waals surface area contributed by atoms with E-state index in [1.165, 1.54) is 16.8 Å². The van der Waals surface area contributed by atoms with Crippen molar-refractivity contribution in [1.82, 2.24) is 15.1 Å². The zero-order valence-corrected chi connectivity index (χ0v) is 19.1. The van der Waals surface area contributed by atoms with Gasteiger partial charge in [0.05, 0.1) is 17.4 Å². The molecule has 4 N–H and O–H groups in total. The molecule has 0 radical (unpaired) electrons. The molecule has 0 saturated carbocycles. The predicted molar refractivity (Wildman–Crippen MR) is 130 cm³/mol. The lowest BCUT2D eigenvalue weighted by Crippen LogP contribution is -2.50. The second-order valence-electron chi connectivity index (χ2n) is 8.26. The number of amides is 2. The van der Waals surface area contributed by atoms with Crippen molar-refractivity contribution in [2.75, 3.05) is 0 Å². The van der Waals surface area contributed by atoms with Crippen LogP contribution < -0.4 is 11.1 Å². The minimum Gasteiger partial charge on any atom is -0.381 e. The summed E-state index contributed by atoms with van der Waals surface area (Å²) >= 11 is 0. The number of aromatic nitrogens is 2. The van der Waals surface area contributed by atoms with Crippen LogP contribution in [-0.4, -0.2) is 38.8 Å². The monoisotopic (exact) mass is 472 g/mol. The quantitative estimate of drug-likeness (QED) is 0.366. The van der Waals surface area contributed by atoms with Crippen LogP contribution in [0, 0.1) is 12.7 Å². The third-order valence-corrected chi connectivity index (χ3v) is 5.62. The van der Waals surface area contributed by atoms with Gasteiger partial charge in [0.2, 0.25) is 5.91 Å². The fourth-order valence-electron chi connectivity index (χ4n) is 3.87. The lowest BCUT2D eigenvalue weighted by molar-refractivity contribution is -0.127. The standard InChI is InChI=1S/C27H25FN4O3/c1-17-14-24(27(35)30-23(25(33)26(29)34)15-18-6-3-2-4-7-18)32(31-17)22-12-10-19(11-13-22)20-8-5-9-21(28)16-20/h2-14,16,23,25,33H,15H2,1H3,(H2,29,34)(H,30,35). The van der Waals surface area contributed by atoms with Gasteiger partial charge in [0.1, 0.15) is 11.5 Å². The number of halogens is 1. The molecule has 0 saturated heterocycles. The molecule has 0 fully saturated rings. The normalized spacial score (nSPS) is 12.7. The molecule has 0 aliphatic heterocycles. The Labute approximate surface area is 202 Å². The molecule has 2 amide bonds. The number of nitrogens with two attached hydrogens (primary N) is 1. The molecule has 7 nitrogen and oxygen atoms in total. The van der Waals surface area contributed by atoms with Gasteiger partial charge >= 0.3 is 0 Å². The summed E-state index contributed by atoms with van der Waals surface area (Å²) in [6, 6.07) is 23.4. The maximum atomic E-state index is 13.6. The first-order valence-corrected chi connectivity index (χ1v) is 11.1. The van der Waals surface area contributed by atoms with Crippen molar-refractivity contribution >= 4 is 11.8 Å². The van der Waals surface area contributed by atoms with Gasteiger partial charge in [-0.2, -0.15) is 5.10 Å². The highest BCUT2D eigenvalue weighted by molar-refractivity contribution is 5.94. The number of benzene rings is 3. The van der Waals surface area contributed by atoms with E-state index < -0.39 is 24.0 Å². The van der Waals surface area contributed by atoms with Gasteiger partial charge in [-0.3, -0.25) is 9.59 Å². The van der Waals surface area contributed by atoms with Crippen molar-refractivity contribution in [3.05, 3.63) is 108 Å². The van der Waals surface area contributed by atoms with Gasteiger partial charge in [-0.05, 0) is 60.4 Å². The molecule has 4 rings (SSSR count). The first-order chi connectivity index (χ1) is 16.8. The zero-order valence-electron chi connectivity index (χ0n) is 19.1. The van der Waals surface area contributed by atoms with Gasteiger partial charge in [0, 0.05) is 0 Å². The number of nitrogens with zero attached hydrogens (tertiary/aromatic N) is 2. The van der Waals surface area contributed by atoms with Crippen LogP contribution in [0.25, 0.3) is 16.8 Å². The molecule has 178 valence electrons. The summed E-state index contributed by atoms with van der Waals surface area (Å²) in [7, 11) is 0. The Morgan fingerprint density at radius 2 is 1.71 bits per heavy atom. The van der Waals surface area contributed by atoms with Crippen molar-refractivity contribution in [2.45, 2.75) is 25.5 Å². The Morgan fingerprint density at radius 3 is 2.37 bits per heavy atom. The lowest BCUT2D eigenvalue weighted by Gasteiger charge is -2.22. The predicted octanol–water partition coefficient (Wildman–Crippen LogP) is 3.17. The third kappa shape index (κ3) is 5.62.